The van der Waals surface area contributed by atoms with Gasteiger partial charge in [0.15, 0.2) is 0 Å². The van der Waals surface area contributed by atoms with Crippen molar-refractivity contribution in [1.82, 2.24) is 0 Å². The van der Waals surface area contributed by atoms with Crippen LogP contribution in [0.1, 0.15) is 22.7 Å². The van der Waals surface area contributed by atoms with Crippen molar-refractivity contribution in [1.29, 1.82) is 0 Å². The van der Waals surface area contributed by atoms with Crippen LogP contribution in [0.2, 0.25) is 5.02 Å². The zero-order valence-corrected chi connectivity index (χ0v) is 12.1. The highest BCUT2D eigenvalue weighted by Crippen LogP contribution is 2.29. The van der Waals surface area contributed by atoms with Crippen molar-refractivity contribution in [3.8, 4) is 0 Å². The summed E-state index contributed by atoms with van der Waals surface area (Å²) in [6.45, 7) is 1.91. The predicted octanol–water partition coefficient (Wildman–Crippen LogP) is 4.60. The zero-order valence-electron chi connectivity index (χ0n) is 9.75. The summed E-state index contributed by atoms with van der Waals surface area (Å²) in [6.07, 6.45) is 0. The Kier molecular flexibility index (Phi) is 4.05. The van der Waals surface area contributed by atoms with Crippen LogP contribution in [0.25, 0.3) is 0 Å². The first-order chi connectivity index (χ1) is 8.50. The SMILES string of the molecule is Cc1cc(Cl)ccc1C(N)c1cccc(Br)c1F. The van der Waals surface area contributed by atoms with Crippen LogP contribution in [-0.2, 0) is 0 Å². The first kappa shape index (κ1) is 13.5. The van der Waals surface area contributed by atoms with Crippen molar-refractivity contribution >= 4 is 27.5 Å². The molecule has 0 heterocycles. The molecule has 0 aliphatic rings. The van der Waals surface area contributed by atoms with Gasteiger partial charge in [0.2, 0.25) is 0 Å². The maximum absolute atomic E-state index is 14.0. The monoisotopic (exact) mass is 327 g/mol. The van der Waals surface area contributed by atoms with Crippen molar-refractivity contribution < 1.29 is 4.39 Å². The Balaban J connectivity index is 2.48. The van der Waals surface area contributed by atoms with E-state index in [4.69, 9.17) is 17.3 Å². The van der Waals surface area contributed by atoms with Crippen LogP contribution >= 0.6 is 27.5 Å². The molecule has 0 radical (unpaired) electrons. The Hall–Kier alpha value is -0.900. The number of halogens is 3. The molecule has 2 N–H and O–H groups in total. The minimum Gasteiger partial charge on any atom is -0.320 e. The number of aryl methyl sites for hydroxylation is 1. The Labute approximate surface area is 119 Å². The third kappa shape index (κ3) is 2.58. The normalized spacial score (nSPS) is 12.5. The summed E-state index contributed by atoms with van der Waals surface area (Å²) in [4.78, 5) is 0. The van der Waals surface area contributed by atoms with E-state index in [0.29, 0.717) is 15.1 Å². The summed E-state index contributed by atoms with van der Waals surface area (Å²) in [7, 11) is 0. The lowest BCUT2D eigenvalue weighted by Crippen LogP contribution is -2.15. The van der Waals surface area contributed by atoms with E-state index in [-0.39, 0.29) is 5.82 Å². The van der Waals surface area contributed by atoms with E-state index in [1.807, 2.05) is 19.1 Å². The largest absolute Gasteiger partial charge is 0.320 e. The molecule has 0 aliphatic heterocycles. The van der Waals surface area contributed by atoms with Crippen LogP contribution in [0.4, 0.5) is 4.39 Å². The molecule has 0 saturated carbocycles. The Morgan fingerprint density at radius 3 is 2.61 bits per heavy atom. The molecule has 1 unspecified atom stereocenters. The Morgan fingerprint density at radius 2 is 1.94 bits per heavy atom. The molecule has 0 aromatic heterocycles. The Bertz CT molecular complexity index is 586. The van der Waals surface area contributed by atoms with Gasteiger partial charge in [-0.25, -0.2) is 4.39 Å². The summed E-state index contributed by atoms with van der Waals surface area (Å²) in [5.41, 5.74) is 8.43. The van der Waals surface area contributed by atoms with E-state index >= 15 is 0 Å². The fourth-order valence-corrected chi connectivity index (χ4v) is 2.52. The lowest BCUT2D eigenvalue weighted by molar-refractivity contribution is 0.593. The highest BCUT2D eigenvalue weighted by Gasteiger charge is 2.17. The van der Waals surface area contributed by atoms with Crippen LogP contribution in [0.15, 0.2) is 40.9 Å². The van der Waals surface area contributed by atoms with Gasteiger partial charge >= 0.3 is 0 Å². The van der Waals surface area contributed by atoms with E-state index in [0.717, 1.165) is 11.1 Å². The maximum atomic E-state index is 14.0. The molecule has 2 aromatic carbocycles. The summed E-state index contributed by atoms with van der Waals surface area (Å²) < 4.78 is 14.4. The molecule has 0 spiro atoms. The molecule has 94 valence electrons. The van der Waals surface area contributed by atoms with Crippen molar-refractivity contribution in [3.63, 3.8) is 0 Å². The quantitative estimate of drug-likeness (QED) is 0.856. The van der Waals surface area contributed by atoms with E-state index in [1.165, 1.54) is 0 Å². The minimum absolute atomic E-state index is 0.320. The van der Waals surface area contributed by atoms with Gasteiger partial charge in [0.25, 0.3) is 0 Å². The van der Waals surface area contributed by atoms with Gasteiger partial charge in [0.1, 0.15) is 5.82 Å². The summed E-state index contributed by atoms with van der Waals surface area (Å²) in [5.74, 6) is -0.320. The third-order valence-electron chi connectivity index (χ3n) is 2.88. The Morgan fingerprint density at radius 1 is 1.22 bits per heavy atom. The number of benzene rings is 2. The molecule has 18 heavy (non-hydrogen) atoms. The van der Waals surface area contributed by atoms with E-state index in [1.54, 1.807) is 24.3 Å². The molecule has 0 fully saturated rings. The van der Waals surface area contributed by atoms with Crippen molar-refractivity contribution in [3.05, 3.63) is 68.4 Å². The average Bonchev–Trinajstić information content (AvgIpc) is 2.32. The highest BCUT2D eigenvalue weighted by atomic mass is 79.9. The van der Waals surface area contributed by atoms with Gasteiger partial charge in [0, 0.05) is 10.6 Å². The summed E-state index contributed by atoms with van der Waals surface area (Å²) in [5, 5.41) is 0.651. The van der Waals surface area contributed by atoms with Gasteiger partial charge in [-0.1, -0.05) is 29.8 Å². The number of nitrogens with two attached hydrogens (primary N) is 1. The van der Waals surface area contributed by atoms with Crippen LogP contribution in [0, 0.1) is 12.7 Å². The topological polar surface area (TPSA) is 26.0 Å². The van der Waals surface area contributed by atoms with Crippen LogP contribution in [-0.4, -0.2) is 0 Å². The molecular weight excluding hydrogens is 317 g/mol. The van der Waals surface area contributed by atoms with Crippen LogP contribution < -0.4 is 5.73 Å². The molecule has 0 saturated heterocycles. The van der Waals surface area contributed by atoms with Gasteiger partial charge in [-0.05, 0) is 52.2 Å². The van der Waals surface area contributed by atoms with Gasteiger partial charge in [0.05, 0.1) is 10.5 Å². The lowest BCUT2D eigenvalue weighted by Gasteiger charge is -2.16. The predicted molar refractivity (Wildman–Crippen MR) is 76.3 cm³/mol. The highest BCUT2D eigenvalue weighted by molar-refractivity contribution is 9.10. The second-order valence-corrected chi connectivity index (χ2v) is 5.41. The molecule has 0 amide bonds. The number of hydrogen-bond donors (Lipinski definition) is 1. The van der Waals surface area contributed by atoms with Gasteiger partial charge in [-0.15, -0.1) is 0 Å². The van der Waals surface area contributed by atoms with Gasteiger partial charge < -0.3 is 5.73 Å². The third-order valence-corrected chi connectivity index (χ3v) is 3.73. The van der Waals surface area contributed by atoms with E-state index in [2.05, 4.69) is 15.9 Å². The van der Waals surface area contributed by atoms with E-state index < -0.39 is 6.04 Å². The smallest absolute Gasteiger partial charge is 0.142 e. The first-order valence-corrected chi connectivity index (χ1v) is 6.63. The lowest BCUT2D eigenvalue weighted by atomic mass is 9.95. The fourth-order valence-electron chi connectivity index (χ4n) is 1.92. The standard InChI is InChI=1S/C14H12BrClFN/c1-8-7-9(16)5-6-10(8)14(18)11-3-2-4-12(15)13(11)17/h2-7,14H,18H2,1H3. The van der Waals surface area contributed by atoms with Gasteiger partial charge in [-0.3, -0.25) is 0 Å². The molecular formula is C14H12BrClFN. The molecule has 0 aliphatic carbocycles. The zero-order chi connectivity index (χ0) is 13.3. The second kappa shape index (κ2) is 5.39. The molecule has 1 atom stereocenters. The van der Waals surface area contributed by atoms with Crippen molar-refractivity contribution in [2.75, 3.05) is 0 Å². The summed E-state index contributed by atoms with van der Waals surface area (Å²) in [6, 6.07) is 10.0. The molecule has 4 heteroatoms. The van der Waals surface area contributed by atoms with E-state index in [9.17, 15) is 4.39 Å². The van der Waals surface area contributed by atoms with Crippen LogP contribution in [0.3, 0.4) is 0 Å². The van der Waals surface area contributed by atoms with Crippen LogP contribution in [0.5, 0.6) is 0 Å². The first-order valence-electron chi connectivity index (χ1n) is 5.46. The van der Waals surface area contributed by atoms with Crippen molar-refractivity contribution in [2.24, 2.45) is 5.73 Å². The molecule has 2 rings (SSSR count). The number of hydrogen-bond acceptors (Lipinski definition) is 1. The second-order valence-electron chi connectivity index (χ2n) is 4.12. The summed E-state index contributed by atoms with van der Waals surface area (Å²) >= 11 is 9.07. The van der Waals surface area contributed by atoms with Crippen molar-refractivity contribution in [2.45, 2.75) is 13.0 Å². The molecule has 2 aromatic rings. The van der Waals surface area contributed by atoms with Gasteiger partial charge in [-0.2, -0.15) is 0 Å². The number of rotatable bonds is 2. The minimum atomic E-state index is -0.500. The average molecular weight is 329 g/mol. The molecule has 0 bridgehead atoms. The maximum Gasteiger partial charge on any atom is 0.142 e. The fraction of sp³-hybridized carbons (Fsp3) is 0.143. The molecule has 1 nitrogen and oxygen atoms in total.